The van der Waals surface area contributed by atoms with E-state index in [1.165, 1.54) is 16.7 Å². The summed E-state index contributed by atoms with van der Waals surface area (Å²) in [7, 11) is 0. The van der Waals surface area contributed by atoms with Crippen molar-refractivity contribution in [2.45, 2.75) is 17.0 Å². The number of halogens is 3. The average molecular weight is 352 g/mol. The van der Waals surface area contributed by atoms with Crippen molar-refractivity contribution in [2.24, 2.45) is 0 Å². The van der Waals surface area contributed by atoms with Crippen LogP contribution in [-0.4, -0.2) is 46.4 Å². The lowest BCUT2D eigenvalue weighted by Crippen LogP contribution is -2.39. The monoisotopic (exact) mass is 351 g/mol. The second kappa shape index (κ2) is 6.42. The molecule has 1 fully saturated rings. The minimum atomic E-state index is -2.34. The van der Waals surface area contributed by atoms with Crippen LogP contribution in [-0.2, 0) is 9.59 Å². The normalized spacial score (nSPS) is 21.6. The summed E-state index contributed by atoms with van der Waals surface area (Å²) in [6, 6.07) is 4.91. The van der Waals surface area contributed by atoms with Gasteiger partial charge in [-0.05, 0) is 18.2 Å². The number of carboxylic acids is 1. The van der Waals surface area contributed by atoms with Gasteiger partial charge in [-0.25, -0.2) is 9.18 Å². The van der Waals surface area contributed by atoms with E-state index in [1.54, 1.807) is 18.2 Å². The zero-order valence-electron chi connectivity index (χ0n) is 10.8. The quantitative estimate of drug-likeness (QED) is 0.846. The standard InChI is InChI=1S/C13H12Cl2FNO3S/c14-8-1-2-9(15)10(5-8)21-6-11(18)17-4-3-13(16,7-17)12(19)20/h1-2,5H,3-4,6-7H2,(H,19,20). The van der Waals surface area contributed by atoms with Crippen LogP contribution in [0, 0.1) is 0 Å². The highest BCUT2D eigenvalue weighted by molar-refractivity contribution is 8.00. The topological polar surface area (TPSA) is 57.6 Å². The van der Waals surface area contributed by atoms with Crippen LogP contribution in [0.5, 0.6) is 0 Å². The van der Waals surface area contributed by atoms with Crippen LogP contribution in [0.4, 0.5) is 4.39 Å². The number of hydrogen-bond acceptors (Lipinski definition) is 3. The van der Waals surface area contributed by atoms with Gasteiger partial charge in [0.2, 0.25) is 11.6 Å². The zero-order valence-corrected chi connectivity index (χ0v) is 13.1. The molecule has 4 nitrogen and oxygen atoms in total. The van der Waals surface area contributed by atoms with Crippen molar-refractivity contribution in [3.63, 3.8) is 0 Å². The first-order chi connectivity index (χ1) is 9.82. The number of aliphatic carboxylic acids is 1. The van der Waals surface area contributed by atoms with Crippen molar-refractivity contribution in [2.75, 3.05) is 18.8 Å². The molecule has 0 aliphatic carbocycles. The molecular formula is C13H12Cl2FNO3S. The number of hydrogen-bond donors (Lipinski definition) is 1. The van der Waals surface area contributed by atoms with E-state index in [0.29, 0.717) is 14.9 Å². The van der Waals surface area contributed by atoms with Gasteiger partial charge in [-0.1, -0.05) is 23.2 Å². The van der Waals surface area contributed by atoms with Crippen molar-refractivity contribution >= 4 is 46.8 Å². The maximum Gasteiger partial charge on any atom is 0.343 e. The van der Waals surface area contributed by atoms with E-state index < -0.39 is 18.2 Å². The number of alkyl halides is 1. The van der Waals surface area contributed by atoms with Gasteiger partial charge in [-0.3, -0.25) is 4.79 Å². The Balaban J connectivity index is 1.94. The number of rotatable bonds is 4. The van der Waals surface area contributed by atoms with Gasteiger partial charge in [-0.2, -0.15) is 0 Å². The highest BCUT2D eigenvalue weighted by Gasteiger charge is 2.46. The summed E-state index contributed by atoms with van der Waals surface area (Å²) in [5.74, 6) is -1.80. The number of carbonyl (C=O) groups is 2. The first-order valence-corrected chi connectivity index (χ1v) is 7.84. The van der Waals surface area contributed by atoms with Gasteiger partial charge >= 0.3 is 5.97 Å². The predicted molar refractivity (Wildman–Crippen MR) is 79.9 cm³/mol. The summed E-state index contributed by atoms with van der Waals surface area (Å²) in [6.07, 6.45) is -0.184. The van der Waals surface area contributed by atoms with Gasteiger partial charge in [-0.15, -0.1) is 11.8 Å². The second-order valence-electron chi connectivity index (χ2n) is 4.70. The lowest BCUT2D eigenvalue weighted by atomic mass is 10.1. The van der Waals surface area contributed by atoms with Gasteiger partial charge < -0.3 is 10.0 Å². The fraction of sp³-hybridized carbons (Fsp3) is 0.385. The van der Waals surface area contributed by atoms with E-state index in [2.05, 4.69) is 0 Å². The SMILES string of the molecule is O=C(CSc1cc(Cl)ccc1Cl)N1CCC(F)(C(=O)O)C1. The summed E-state index contributed by atoms with van der Waals surface area (Å²) >= 11 is 13.0. The fourth-order valence-corrected chi connectivity index (χ4v) is 3.37. The Hall–Kier alpha value is -0.980. The number of likely N-dealkylation sites (tertiary alicyclic amines) is 1. The van der Waals surface area contributed by atoms with Crippen LogP contribution in [0.15, 0.2) is 23.1 Å². The van der Waals surface area contributed by atoms with E-state index in [-0.39, 0.29) is 24.6 Å². The molecule has 1 amide bonds. The maximum atomic E-state index is 13.9. The highest BCUT2D eigenvalue weighted by Crippen LogP contribution is 2.31. The number of carboxylic acid groups (broad SMARTS) is 1. The molecule has 1 aliphatic rings. The Morgan fingerprint density at radius 2 is 2.14 bits per heavy atom. The Morgan fingerprint density at radius 3 is 2.76 bits per heavy atom. The highest BCUT2D eigenvalue weighted by atomic mass is 35.5. The molecule has 1 aliphatic heterocycles. The third kappa shape index (κ3) is 3.81. The molecule has 0 radical (unpaired) electrons. The largest absolute Gasteiger partial charge is 0.479 e. The van der Waals surface area contributed by atoms with Crippen LogP contribution in [0.3, 0.4) is 0 Å². The second-order valence-corrected chi connectivity index (χ2v) is 6.56. The minimum Gasteiger partial charge on any atom is -0.479 e. The third-order valence-corrected chi connectivity index (χ3v) is 4.92. The number of thioether (sulfide) groups is 1. The maximum absolute atomic E-state index is 13.9. The molecule has 0 spiro atoms. The predicted octanol–water partition coefficient (Wildman–Crippen LogP) is 3.11. The van der Waals surface area contributed by atoms with Crippen molar-refractivity contribution in [1.82, 2.24) is 4.90 Å². The molecule has 1 unspecified atom stereocenters. The number of amides is 1. The summed E-state index contributed by atoms with van der Waals surface area (Å²) in [6.45, 7) is -0.309. The average Bonchev–Trinajstić information content (AvgIpc) is 2.84. The molecule has 1 N–H and O–H groups in total. The molecule has 1 aromatic carbocycles. The van der Waals surface area contributed by atoms with E-state index in [4.69, 9.17) is 28.3 Å². The molecule has 1 saturated heterocycles. The summed E-state index contributed by atoms with van der Waals surface area (Å²) in [5.41, 5.74) is -2.34. The molecule has 1 heterocycles. The summed E-state index contributed by atoms with van der Waals surface area (Å²) in [5, 5.41) is 9.78. The Bertz CT molecular complexity index is 587. The molecule has 0 aromatic heterocycles. The number of benzene rings is 1. The number of carbonyl (C=O) groups excluding carboxylic acids is 1. The van der Waals surface area contributed by atoms with Gasteiger partial charge in [0.25, 0.3) is 0 Å². The third-order valence-electron chi connectivity index (χ3n) is 3.20. The van der Waals surface area contributed by atoms with Crippen molar-refractivity contribution in [3.05, 3.63) is 28.2 Å². The summed E-state index contributed by atoms with van der Waals surface area (Å²) < 4.78 is 13.9. The van der Waals surface area contributed by atoms with Gasteiger partial charge in [0.1, 0.15) is 0 Å². The summed E-state index contributed by atoms with van der Waals surface area (Å²) in [4.78, 5) is 24.7. The van der Waals surface area contributed by atoms with Crippen LogP contribution >= 0.6 is 35.0 Å². The Labute approximate surface area is 135 Å². The van der Waals surface area contributed by atoms with Gasteiger partial charge in [0.15, 0.2) is 0 Å². The molecule has 1 atom stereocenters. The smallest absolute Gasteiger partial charge is 0.343 e. The first kappa shape index (κ1) is 16.4. The van der Waals surface area contributed by atoms with Crippen molar-refractivity contribution < 1.29 is 19.1 Å². The molecule has 0 bridgehead atoms. The van der Waals surface area contributed by atoms with Crippen LogP contribution in [0.1, 0.15) is 6.42 Å². The molecular weight excluding hydrogens is 340 g/mol. The minimum absolute atomic E-state index is 0.0514. The van der Waals surface area contributed by atoms with Crippen LogP contribution in [0.2, 0.25) is 10.0 Å². The van der Waals surface area contributed by atoms with Crippen molar-refractivity contribution in [3.8, 4) is 0 Å². The lowest BCUT2D eigenvalue weighted by molar-refractivity contribution is -0.150. The molecule has 1 aromatic rings. The van der Waals surface area contributed by atoms with Crippen LogP contribution < -0.4 is 0 Å². The zero-order chi connectivity index (χ0) is 15.6. The van der Waals surface area contributed by atoms with E-state index >= 15 is 0 Å². The molecule has 2 rings (SSSR count). The fourth-order valence-electron chi connectivity index (χ4n) is 1.98. The molecule has 21 heavy (non-hydrogen) atoms. The van der Waals surface area contributed by atoms with Gasteiger partial charge in [0.05, 0.1) is 17.3 Å². The van der Waals surface area contributed by atoms with E-state index in [1.807, 2.05) is 0 Å². The molecule has 8 heteroatoms. The van der Waals surface area contributed by atoms with Crippen molar-refractivity contribution in [1.29, 1.82) is 0 Å². The molecule has 0 saturated carbocycles. The van der Waals surface area contributed by atoms with E-state index in [0.717, 1.165) is 0 Å². The first-order valence-electron chi connectivity index (χ1n) is 6.10. The number of nitrogens with zero attached hydrogens (tertiary/aromatic N) is 1. The Morgan fingerprint density at radius 1 is 1.43 bits per heavy atom. The van der Waals surface area contributed by atoms with Crippen LogP contribution in [0.25, 0.3) is 0 Å². The molecule has 114 valence electrons. The lowest BCUT2D eigenvalue weighted by Gasteiger charge is -2.17. The van der Waals surface area contributed by atoms with Gasteiger partial charge in [0, 0.05) is 22.9 Å². The Kier molecular flexibility index (Phi) is 5.01. The van der Waals surface area contributed by atoms with E-state index in [9.17, 15) is 14.0 Å².